The summed E-state index contributed by atoms with van der Waals surface area (Å²) in [6.07, 6.45) is -0.994. The summed E-state index contributed by atoms with van der Waals surface area (Å²) in [5.41, 5.74) is 0.324. The van der Waals surface area contributed by atoms with Crippen LogP contribution in [-0.2, 0) is 6.54 Å². The molecule has 0 bridgehead atoms. The van der Waals surface area contributed by atoms with E-state index >= 15 is 0 Å². The van der Waals surface area contributed by atoms with Gasteiger partial charge in [-0.2, -0.15) is 4.39 Å². The Morgan fingerprint density at radius 2 is 2.05 bits per heavy atom. The van der Waals surface area contributed by atoms with Crippen LogP contribution in [0.2, 0.25) is 5.02 Å². The number of anilines is 1. The van der Waals surface area contributed by atoms with Gasteiger partial charge in [0.1, 0.15) is 5.82 Å². The minimum Gasteiger partial charge on any atom is -0.465 e. The number of carboxylic acid groups (broad SMARTS) is 1. The van der Waals surface area contributed by atoms with E-state index in [0.29, 0.717) is 16.9 Å². The highest BCUT2D eigenvalue weighted by molar-refractivity contribution is 6.31. The number of aromatic nitrogens is 1. The van der Waals surface area contributed by atoms with Crippen molar-refractivity contribution in [2.24, 2.45) is 0 Å². The number of pyridine rings is 1. The molecule has 2 rings (SSSR count). The normalized spacial score (nSPS) is 10.2. The number of nitrogens with zero attached hydrogens (tertiary/aromatic N) is 2. The van der Waals surface area contributed by atoms with Crippen LogP contribution in [0.4, 0.5) is 15.0 Å². The Labute approximate surface area is 124 Å². The van der Waals surface area contributed by atoms with Crippen LogP contribution in [0.15, 0.2) is 36.4 Å². The van der Waals surface area contributed by atoms with Crippen LogP contribution in [0.25, 0.3) is 0 Å². The minimum absolute atomic E-state index is 0.0815. The van der Waals surface area contributed by atoms with E-state index in [1.165, 1.54) is 12.1 Å². The van der Waals surface area contributed by atoms with Gasteiger partial charge < -0.3 is 5.11 Å². The van der Waals surface area contributed by atoms with Gasteiger partial charge in [-0.15, -0.1) is 0 Å². The number of carbonyl (C=O) groups is 2. The average molecular weight is 309 g/mol. The van der Waals surface area contributed by atoms with Crippen LogP contribution < -0.4 is 4.90 Å². The van der Waals surface area contributed by atoms with Gasteiger partial charge in [0.2, 0.25) is 5.95 Å². The lowest BCUT2D eigenvalue weighted by Gasteiger charge is -2.19. The lowest BCUT2D eigenvalue weighted by molar-refractivity contribution is 0.111. The summed E-state index contributed by atoms with van der Waals surface area (Å²) >= 11 is 5.98. The maximum atomic E-state index is 13.5. The number of rotatable bonds is 4. The molecule has 1 aromatic carbocycles. The smallest absolute Gasteiger partial charge is 0.413 e. The van der Waals surface area contributed by atoms with E-state index < -0.39 is 12.0 Å². The molecule has 0 aliphatic heterocycles. The SMILES string of the molecule is O=Cc1ccc(N(Cc2ccccc2Cl)C(=O)O)nc1F. The van der Waals surface area contributed by atoms with E-state index in [9.17, 15) is 19.1 Å². The van der Waals surface area contributed by atoms with Crippen LogP contribution in [0.1, 0.15) is 15.9 Å². The van der Waals surface area contributed by atoms with Crippen molar-refractivity contribution in [2.45, 2.75) is 6.54 Å². The Bertz CT molecular complexity index is 694. The fraction of sp³-hybridized carbons (Fsp3) is 0.0714. The molecule has 0 radical (unpaired) electrons. The second-order valence-electron chi connectivity index (χ2n) is 4.13. The Kier molecular flexibility index (Phi) is 4.49. The Morgan fingerprint density at radius 3 is 2.62 bits per heavy atom. The van der Waals surface area contributed by atoms with Crippen molar-refractivity contribution in [3.8, 4) is 0 Å². The van der Waals surface area contributed by atoms with E-state index in [2.05, 4.69) is 4.98 Å². The van der Waals surface area contributed by atoms with Crippen molar-refractivity contribution in [3.63, 3.8) is 0 Å². The number of carbonyl (C=O) groups excluding carboxylic acids is 1. The average Bonchev–Trinajstić information content (AvgIpc) is 2.46. The highest BCUT2D eigenvalue weighted by Crippen LogP contribution is 2.21. The monoisotopic (exact) mass is 308 g/mol. The van der Waals surface area contributed by atoms with Crippen LogP contribution in [0.5, 0.6) is 0 Å². The zero-order valence-corrected chi connectivity index (χ0v) is 11.4. The summed E-state index contributed by atoms with van der Waals surface area (Å²) in [6.45, 7) is -0.0815. The molecule has 1 N–H and O–H groups in total. The molecule has 0 atom stereocenters. The van der Waals surface area contributed by atoms with Crippen LogP contribution >= 0.6 is 11.6 Å². The Morgan fingerprint density at radius 1 is 1.33 bits per heavy atom. The lowest BCUT2D eigenvalue weighted by Crippen LogP contribution is -2.29. The van der Waals surface area contributed by atoms with Gasteiger partial charge in [-0.3, -0.25) is 9.69 Å². The first kappa shape index (κ1) is 14.9. The molecule has 21 heavy (non-hydrogen) atoms. The van der Waals surface area contributed by atoms with Gasteiger partial charge in [-0.1, -0.05) is 29.8 Å². The van der Waals surface area contributed by atoms with Crippen LogP contribution in [0, 0.1) is 5.95 Å². The zero-order valence-electron chi connectivity index (χ0n) is 10.7. The zero-order chi connectivity index (χ0) is 15.4. The van der Waals surface area contributed by atoms with E-state index in [0.717, 1.165) is 4.90 Å². The standard InChI is InChI=1S/C14H10ClFN2O3/c15-11-4-2-1-3-9(11)7-18(14(20)21)12-6-5-10(8-19)13(16)17-12/h1-6,8H,7H2,(H,20,21). The van der Waals surface area contributed by atoms with Crippen molar-refractivity contribution in [1.82, 2.24) is 4.98 Å². The second-order valence-corrected chi connectivity index (χ2v) is 4.53. The van der Waals surface area contributed by atoms with E-state index in [4.69, 9.17) is 11.6 Å². The molecule has 0 spiro atoms. The molecule has 0 aliphatic rings. The number of benzene rings is 1. The fourth-order valence-corrected chi connectivity index (χ4v) is 1.91. The van der Waals surface area contributed by atoms with Crippen molar-refractivity contribution in [2.75, 3.05) is 4.90 Å². The summed E-state index contributed by atoms with van der Waals surface area (Å²) < 4.78 is 13.5. The molecule has 2 aromatic rings. The fourth-order valence-electron chi connectivity index (χ4n) is 1.72. The molecule has 5 nitrogen and oxygen atoms in total. The van der Waals surface area contributed by atoms with Crippen molar-refractivity contribution in [3.05, 3.63) is 58.5 Å². The van der Waals surface area contributed by atoms with Gasteiger partial charge in [0.25, 0.3) is 0 Å². The van der Waals surface area contributed by atoms with Gasteiger partial charge in [0.05, 0.1) is 12.1 Å². The highest BCUT2D eigenvalue weighted by atomic mass is 35.5. The molecule has 0 fully saturated rings. The first-order valence-electron chi connectivity index (χ1n) is 5.88. The number of aldehydes is 1. The molecular weight excluding hydrogens is 299 g/mol. The molecule has 0 aliphatic carbocycles. The van der Waals surface area contributed by atoms with Gasteiger partial charge in [0, 0.05) is 5.02 Å². The number of hydrogen-bond donors (Lipinski definition) is 1. The third-order valence-corrected chi connectivity index (χ3v) is 3.15. The number of amides is 1. The molecule has 0 saturated carbocycles. The Hall–Kier alpha value is -2.47. The third kappa shape index (κ3) is 3.35. The highest BCUT2D eigenvalue weighted by Gasteiger charge is 2.19. The van der Waals surface area contributed by atoms with Crippen LogP contribution in [-0.4, -0.2) is 22.5 Å². The van der Waals surface area contributed by atoms with E-state index in [1.807, 2.05) is 0 Å². The third-order valence-electron chi connectivity index (χ3n) is 2.78. The lowest BCUT2D eigenvalue weighted by atomic mass is 10.2. The van der Waals surface area contributed by atoms with Gasteiger partial charge in [-0.05, 0) is 23.8 Å². The quantitative estimate of drug-likeness (QED) is 0.694. The molecule has 1 aromatic heterocycles. The number of hydrogen-bond acceptors (Lipinski definition) is 3. The molecule has 0 saturated heterocycles. The minimum atomic E-state index is -1.30. The summed E-state index contributed by atoms with van der Waals surface area (Å²) in [5, 5.41) is 9.64. The topological polar surface area (TPSA) is 70.5 Å². The maximum Gasteiger partial charge on any atom is 0.413 e. The van der Waals surface area contributed by atoms with Crippen molar-refractivity contribution >= 4 is 29.8 Å². The van der Waals surface area contributed by atoms with Gasteiger partial charge in [-0.25, -0.2) is 9.78 Å². The predicted molar refractivity (Wildman–Crippen MR) is 75.2 cm³/mol. The van der Waals surface area contributed by atoms with Gasteiger partial charge in [0.15, 0.2) is 6.29 Å². The second kappa shape index (κ2) is 6.32. The van der Waals surface area contributed by atoms with Crippen molar-refractivity contribution in [1.29, 1.82) is 0 Å². The van der Waals surface area contributed by atoms with E-state index in [-0.39, 0.29) is 17.9 Å². The molecule has 108 valence electrons. The van der Waals surface area contributed by atoms with Crippen molar-refractivity contribution < 1.29 is 19.1 Å². The first-order chi connectivity index (χ1) is 10.0. The van der Waals surface area contributed by atoms with Gasteiger partial charge >= 0.3 is 6.09 Å². The summed E-state index contributed by atoms with van der Waals surface area (Å²) in [7, 11) is 0. The first-order valence-corrected chi connectivity index (χ1v) is 6.26. The van der Waals surface area contributed by atoms with Crippen LogP contribution in [0.3, 0.4) is 0 Å². The summed E-state index contributed by atoms with van der Waals surface area (Å²) in [4.78, 5) is 26.2. The molecular formula is C14H10ClFN2O3. The maximum absolute atomic E-state index is 13.5. The largest absolute Gasteiger partial charge is 0.465 e. The summed E-state index contributed by atoms with van der Waals surface area (Å²) in [6, 6.07) is 9.15. The predicted octanol–water partition coefficient (Wildman–Crippen LogP) is 3.37. The molecule has 7 heteroatoms. The molecule has 0 unspecified atom stereocenters. The molecule has 1 amide bonds. The molecule has 1 heterocycles. The number of halogens is 2. The Balaban J connectivity index is 2.36. The summed E-state index contributed by atoms with van der Waals surface area (Å²) in [5.74, 6) is -1.14. The van der Waals surface area contributed by atoms with E-state index in [1.54, 1.807) is 24.3 Å².